The van der Waals surface area contributed by atoms with Crippen LogP contribution in [-0.4, -0.2) is 24.6 Å². The predicted molar refractivity (Wildman–Crippen MR) is 59.7 cm³/mol. The highest BCUT2D eigenvalue weighted by atomic mass is 32.2. The molecule has 3 heteroatoms. The fraction of sp³-hybridized carbons (Fsp3) is 0.455. The highest BCUT2D eigenvalue weighted by molar-refractivity contribution is 7.98. The van der Waals surface area contributed by atoms with Crippen LogP contribution in [0.3, 0.4) is 0 Å². The predicted octanol–water partition coefficient (Wildman–Crippen LogP) is 2.48. The van der Waals surface area contributed by atoms with Crippen molar-refractivity contribution in [2.45, 2.75) is 17.9 Å². The zero-order valence-corrected chi connectivity index (χ0v) is 9.38. The summed E-state index contributed by atoms with van der Waals surface area (Å²) in [5.74, 6) is 0. The SMILES string of the molecule is CCOCC(O)c1ccccc1SC. The first-order valence-electron chi connectivity index (χ1n) is 4.68. The van der Waals surface area contributed by atoms with E-state index in [1.807, 2.05) is 37.4 Å². The number of hydrogen-bond donors (Lipinski definition) is 1. The molecule has 0 aliphatic carbocycles. The monoisotopic (exact) mass is 212 g/mol. The minimum atomic E-state index is -0.515. The van der Waals surface area contributed by atoms with Gasteiger partial charge in [0, 0.05) is 11.5 Å². The van der Waals surface area contributed by atoms with Crippen LogP contribution >= 0.6 is 11.8 Å². The van der Waals surface area contributed by atoms with Crippen molar-refractivity contribution in [3.05, 3.63) is 29.8 Å². The summed E-state index contributed by atoms with van der Waals surface area (Å²) < 4.78 is 5.19. The maximum absolute atomic E-state index is 9.83. The standard InChI is InChI=1S/C11H16O2S/c1-3-13-8-10(12)9-6-4-5-7-11(9)14-2/h4-7,10,12H,3,8H2,1-2H3. The number of aliphatic hydroxyl groups is 1. The van der Waals surface area contributed by atoms with Crippen LogP contribution in [0.4, 0.5) is 0 Å². The fourth-order valence-electron chi connectivity index (χ4n) is 1.26. The first-order valence-corrected chi connectivity index (χ1v) is 5.90. The van der Waals surface area contributed by atoms with Gasteiger partial charge in [-0.05, 0) is 24.8 Å². The molecule has 1 N–H and O–H groups in total. The Labute approximate surface area is 89.3 Å². The molecule has 1 aromatic carbocycles. The Morgan fingerprint density at radius 2 is 2.14 bits per heavy atom. The molecule has 0 fully saturated rings. The third kappa shape index (κ3) is 3.01. The molecule has 0 saturated carbocycles. The smallest absolute Gasteiger partial charge is 0.103 e. The number of rotatable bonds is 5. The van der Waals surface area contributed by atoms with E-state index in [1.165, 1.54) is 0 Å². The molecule has 14 heavy (non-hydrogen) atoms. The summed E-state index contributed by atoms with van der Waals surface area (Å²) in [5, 5.41) is 9.83. The van der Waals surface area contributed by atoms with Crippen molar-refractivity contribution in [3.8, 4) is 0 Å². The molecule has 0 aliphatic heterocycles. The van der Waals surface area contributed by atoms with Gasteiger partial charge in [0.2, 0.25) is 0 Å². The molecular weight excluding hydrogens is 196 g/mol. The van der Waals surface area contributed by atoms with Gasteiger partial charge in [-0.15, -0.1) is 11.8 Å². The van der Waals surface area contributed by atoms with E-state index in [9.17, 15) is 5.11 Å². The third-order valence-electron chi connectivity index (χ3n) is 1.98. The van der Waals surface area contributed by atoms with Crippen LogP contribution in [0.25, 0.3) is 0 Å². The van der Waals surface area contributed by atoms with Gasteiger partial charge in [-0.2, -0.15) is 0 Å². The van der Waals surface area contributed by atoms with Gasteiger partial charge in [0.15, 0.2) is 0 Å². The summed E-state index contributed by atoms with van der Waals surface area (Å²) in [4.78, 5) is 1.11. The van der Waals surface area contributed by atoms with E-state index in [0.29, 0.717) is 13.2 Å². The van der Waals surface area contributed by atoms with Crippen molar-refractivity contribution in [3.63, 3.8) is 0 Å². The lowest BCUT2D eigenvalue weighted by atomic mass is 10.1. The first-order chi connectivity index (χ1) is 6.79. The lowest BCUT2D eigenvalue weighted by molar-refractivity contribution is 0.0407. The Morgan fingerprint density at radius 1 is 1.43 bits per heavy atom. The molecule has 0 amide bonds. The number of hydrogen-bond acceptors (Lipinski definition) is 3. The van der Waals surface area contributed by atoms with Crippen molar-refractivity contribution < 1.29 is 9.84 Å². The summed E-state index contributed by atoms with van der Waals surface area (Å²) in [6.45, 7) is 2.93. The lowest BCUT2D eigenvalue weighted by Crippen LogP contribution is -2.07. The zero-order chi connectivity index (χ0) is 10.4. The summed E-state index contributed by atoms with van der Waals surface area (Å²) in [6, 6.07) is 7.86. The Morgan fingerprint density at radius 3 is 2.79 bits per heavy atom. The third-order valence-corrected chi connectivity index (χ3v) is 2.79. The van der Waals surface area contributed by atoms with Crippen molar-refractivity contribution in [2.24, 2.45) is 0 Å². The molecule has 0 heterocycles. The van der Waals surface area contributed by atoms with Crippen LogP contribution in [0, 0.1) is 0 Å². The van der Waals surface area contributed by atoms with Crippen molar-refractivity contribution in [2.75, 3.05) is 19.5 Å². The van der Waals surface area contributed by atoms with Gasteiger partial charge in [-0.1, -0.05) is 18.2 Å². The van der Waals surface area contributed by atoms with Crippen LogP contribution in [-0.2, 0) is 4.74 Å². The van der Waals surface area contributed by atoms with E-state index >= 15 is 0 Å². The van der Waals surface area contributed by atoms with Gasteiger partial charge >= 0.3 is 0 Å². The molecule has 1 unspecified atom stereocenters. The van der Waals surface area contributed by atoms with E-state index in [1.54, 1.807) is 11.8 Å². The molecule has 0 aromatic heterocycles. The Kier molecular flexibility index (Phi) is 5.01. The maximum atomic E-state index is 9.83. The molecule has 1 atom stereocenters. The van der Waals surface area contributed by atoms with E-state index in [2.05, 4.69) is 0 Å². The molecule has 0 saturated heterocycles. The van der Waals surface area contributed by atoms with E-state index < -0.39 is 6.10 Å². The number of aliphatic hydroxyl groups excluding tert-OH is 1. The van der Waals surface area contributed by atoms with E-state index in [4.69, 9.17) is 4.74 Å². The largest absolute Gasteiger partial charge is 0.386 e. The van der Waals surface area contributed by atoms with Gasteiger partial charge in [0.05, 0.1) is 6.61 Å². The molecule has 0 bridgehead atoms. The van der Waals surface area contributed by atoms with Crippen LogP contribution in [0.15, 0.2) is 29.2 Å². The zero-order valence-electron chi connectivity index (χ0n) is 8.56. The molecule has 0 aliphatic rings. The van der Waals surface area contributed by atoms with E-state index in [-0.39, 0.29) is 0 Å². The molecule has 2 nitrogen and oxygen atoms in total. The van der Waals surface area contributed by atoms with E-state index in [0.717, 1.165) is 10.5 Å². The normalized spacial score (nSPS) is 12.8. The lowest BCUT2D eigenvalue weighted by Gasteiger charge is -2.13. The molecule has 1 aromatic rings. The van der Waals surface area contributed by atoms with Crippen molar-refractivity contribution in [1.29, 1.82) is 0 Å². The summed E-state index contributed by atoms with van der Waals surface area (Å²) in [7, 11) is 0. The highest BCUT2D eigenvalue weighted by Gasteiger charge is 2.10. The molecular formula is C11H16O2S. The summed E-state index contributed by atoms with van der Waals surface area (Å²) >= 11 is 1.64. The van der Waals surface area contributed by atoms with Gasteiger partial charge in [-0.3, -0.25) is 0 Å². The maximum Gasteiger partial charge on any atom is 0.103 e. The minimum absolute atomic E-state index is 0.369. The topological polar surface area (TPSA) is 29.5 Å². The number of thioether (sulfide) groups is 1. The van der Waals surface area contributed by atoms with Crippen LogP contribution < -0.4 is 0 Å². The second-order valence-corrected chi connectivity index (χ2v) is 3.77. The van der Waals surface area contributed by atoms with Gasteiger partial charge in [-0.25, -0.2) is 0 Å². The molecule has 0 spiro atoms. The van der Waals surface area contributed by atoms with Crippen LogP contribution in [0.1, 0.15) is 18.6 Å². The average Bonchev–Trinajstić information content (AvgIpc) is 2.25. The fourth-order valence-corrected chi connectivity index (χ4v) is 1.92. The highest BCUT2D eigenvalue weighted by Crippen LogP contribution is 2.25. The minimum Gasteiger partial charge on any atom is -0.386 e. The van der Waals surface area contributed by atoms with Gasteiger partial charge in [0.25, 0.3) is 0 Å². The quantitative estimate of drug-likeness (QED) is 0.760. The second-order valence-electron chi connectivity index (χ2n) is 2.92. The van der Waals surface area contributed by atoms with Crippen LogP contribution in [0.2, 0.25) is 0 Å². The van der Waals surface area contributed by atoms with Crippen molar-refractivity contribution >= 4 is 11.8 Å². The first kappa shape index (κ1) is 11.6. The average molecular weight is 212 g/mol. The van der Waals surface area contributed by atoms with Crippen molar-refractivity contribution in [1.82, 2.24) is 0 Å². The van der Waals surface area contributed by atoms with Crippen LogP contribution in [0.5, 0.6) is 0 Å². The Bertz CT molecular complexity index is 276. The summed E-state index contributed by atoms with van der Waals surface area (Å²) in [6.07, 6.45) is 1.49. The van der Waals surface area contributed by atoms with Gasteiger partial charge in [0.1, 0.15) is 6.10 Å². The molecule has 78 valence electrons. The molecule has 1 rings (SSSR count). The Hall–Kier alpha value is -0.510. The second kappa shape index (κ2) is 6.06. The Balaban J connectivity index is 2.72. The molecule has 0 radical (unpaired) electrons. The number of ether oxygens (including phenoxy) is 1. The number of benzene rings is 1. The summed E-state index contributed by atoms with van der Waals surface area (Å²) in [5.41, 5.74) is 0.952. The van der Waals surface area contributed by atoms with Gasteiger partial charge < -0.3 is 9.84 Å².